The Labute approximate surface area is 116 Å². The average Bonchev–Trinajstić information content (AvgIpc) is 2.97. The number of nitriles is 1. The number of nitrogens with zero attached hydrogens (tertiary/aromatic N) is 4. The number of hydrogen-bond donors (Lipinski definition) is 0. The first kappa shape index (κ1) is 12.1. The third-order valence-corrected chi connectivity index (χ3v) is 3.00. The first-order chi connectivity index (χ1) is 9.85. The molecule has 4 nitrogen and oxygen atoms in total. The maximum atomic E-state index is 8.77. The van der Waals surface area contributed by atoms with Crippen LogP contribution in [0.3, 0.4) is 0 Å². The van der Waals surface area contributed by atoms with E-state index < -0.39 is 0 Å². The quantitative estimate of drug-likeness (QED) is 0.727. The van der Waals surface area contributed by atoms with Gasteiger partial charge in [-0.3, -0.25) is 9.67 Å². The first-order valence-electron chi connectivity index (χ1n) is 6.29. The van der Waals surface area contributed by atoms with Crippen LogP contribution in [-0.2, 0) is 6.54 Å². The van der Waals surface area contributed by atoms with Crippen molar-refractivity contribution in [1.29, 1.82) is 5.26 Å². The molecule has 4 heteroatoms. The van der Waals surface area contributed by atoms with Crippen LogP contribution < -0.4 is 0 Å². The fourth-order valence-electron chi connectivity index (χ4n) is 1.97. The van der Waals surface area contributed by atoms with Gasteiger partial charge >= 0.3 is 0 Å². The molecule has 0 radical (unpaired) electrons. The van der Waals surface area contributed by atoms with Crippen LogP contribution >= 0.6 is 0 Å². The van der Waals surface area contributed by atoms with Gasteiger partial charge in [-0.1, -0.05) is 18.2 Å². The Morgan fingerprint density at radius 3 is 2.55 bits per heavy atom. The van der Waals surface area contributed by atoms with Crippen molar-refractivity contribution in [1.82, 2.24) is 14.8 Å². The second-order valence-corrected chi connectivity index (χ2v) is 4.42. The third-order valence-electron chi connectivity index (χ3n) is 3.00. The predicted octanol–water partition coefficient (Wildman–Crippen LogP) is 2.87. The Kier molecular flexibility index (Phi) is 3.25. The highest BCUT2D eigenvalue weighted by molar-refractivity contribution is 5.52. The van der Waals surface area contributed by atoms with E-state index in [1.807, 2.05) is 59.4 Å². The fraction of sp³-hybridized carbons (Fsp3) is 0.0625. The highest BCUT2D eigenvalue weighted by atomic mass is 15.3. The monoisotopic (exact) mass is 260 g/mol. The zero-order valence-corrected chi connectivity index (χ0v) is 10.8. The van der Waals surface area contributed by atoms with E-state index in [1.54, 1.807) is 6.20 Å². The fourth-order valence-corrected chi connectivity index (χ4v) is 1.97. The van der Waals surface area contributed by atoms with Gasteiger partial charge in [-0.25, -0.2) is 0 Å². The van der Waals surface area contributed by atoms with Crippen molar-refractivity contribution in [3.05, 3.63) is 72.1 Å². The van der Waals surface area contributed by atoms with Crippen LogP contribution in [0.1, 0.15) is 11.1 Å². The van der Waals surface area contributed by atoms with Crippen molar-refractivity contribution < 1.29 is 0 Å². The topological polar surface area (TPSA) is 54.5 Å². The molecule has 0 bridgehead atoms. The minimum atomic E-state index is 0.670. The molecule has 2 aromatic heterocycles. The molecule has 3 rings (SSSR count). The molecule has 0 saturated heterocycles. The van der Waals surface area contributed by atoms with Crippen molar-refractivity contribution in [2.75, 3.05) is 0 Å². The Morgan fingerprint density at radius 1 is 1.00 bits per heavy atom. The highest BCUT2D eigenvalue weighted by Crippen LogP contribution is 2.14. The summed E-state index contributed by atoms with van der Waals surface area (Å²) >= 11 is 0. The molecule has 0 fully saturated rings. The summed E-state index contributed by atoms with van der Waals surface area (Å²) in [7, 11) is 0. The highest BCUT2D eigenvalue weighted by Gasteiger charge is 2.03. The van der Waals surface area contributed by atoms with Crippen LogP contribution in [0.4, 0.5) is 0 Å². The number of benzene rings is 1. The largest absolute Gasteiger partial charge is 0.268 e. The lowest BCUT2D eigenvalue weighted by Crippen LogP contribution is -2.00. The molecule has 2 heterocycles. The summed E-state index contributed by atoms with van der Waals surface area (Å²) in [6.07, 6.45) is 3.69. The molecule has 20 heavy (non-hydrogen) atoms. The molecule has 0 amide bonds. The van der Waals surface area contributed by atoms with Gasteiger partial charge in [0.15, 0.2) is 0 Å². The second-order valence-electron chi connectivity index (χ2n) is 4.42. The van der Waals surface area contributed by atoms with E-state index in [2.05, 4.69) is 16.2 Å². The van der Waals surface area contributed by atoms with Crippen LogP contribution in [0.15, 0.2) is 60.9 Å². The van der Waals surface area contributed by atoms with E-state index in [0.717, 1.165) is 17.0 Å². The van der Waals surface area contributed by atoms with Gasteiger partial charge in [0.1, 0.15) is 5.69 Å². The van der Waals surface area contributed by atoms with Gasteiger partial charge in [0.25, 0.3) is 0 Å². The number of rotatable bonds is 3. The molecule has 0 unspecified atom stereocenters. The van der Waals surface area contributed by atoms with Gasteiger partial charge in [0.05, 0.1) is 23.9 Å². The van der Waals surface area contributed by atoms with E-state index >= 15 is 0 Å². The average molecular weight is 260 g/mol. The first-order valence-corrected chi connectivity index (χ1v) is 6.29. The van der Waals surface area contributed by atoms with Gasteiger partial charge in [0, 0.05) is 12.4 Å². The summed E-state index contributed by atoms with van der Waals surface area (Å²) in [6.45, 7) is 0.679. The molecule has 96 valence electrons. The minimum Gasteiger partial charge on any atom is -0.268 e. The summed E-state index contributed by atoms with van der Waals surface area (Å²) in [5, 5.41) is 13.3. The van der Waals surface area contributed by atoms with Gasteiger partial charge in [-0.2, -0.15) is 10.4 Å². The summed E-state index contributed by atoms with van der Waals surface area (Å²) in [6, 6.07) is 17.4. The molecular formula is C16H12N4. The Bertz CT molecular complexity index is 736. The molecule has 0 N–H and O–H groups in total. The predicted molar refractivity (Wildman–Crippen MR) is 75.7 cm³/mol. The molecule has 0 aliphatic rings. The molecule has 0 saturated carbocycles. The molecule has 0 aliphatic carbocycles. The number of hydrogen-bond acceptors (Lipinski definition) is 3. The summed E-state index contributed by atoms with van der Waals surface area (Å²) in [5.41, 5.74) is 3.51. The van der Waals surface area contributed by atoms with E-state index in [-0.39, 0.29) is 0 Å². The third kappa shape index (κ3) is 2.57. The van der Waals surface area contributed by atoms with E-state index in [1.165, 1.54) is 0 Å². The second kappa shape index (κ2) is 5.37. The smallest absolute Gasteiger partial charge is 0.111 e. The summed E-state index contributed by atoms with van der Waals surface area (Å²) in [5.74, 6) is 0. The molecule has 0 aliphatic heterocycles. The van der Waals surface area contributed by atoms with Crippen LogP contribution in [0, 0.1) is 11.3 Å². The van der Waals surface area contributed by atoms with Crippen LogP contribution in [0.2, 0.25) is 0 Å². The van der Waals surface area contributed by atoms with Crippen molar-refractivity contribution in [2.24, 2.45) is 0 Å². The number of pyridine rings is 1. The number of aromatic nitrogens is 3. The summed E-state index contributed by atoms with van der Waals surface area (Å²) in [4.78, 5) is 4.28. The van der Waals surface area contributed by atoms with Crippen LogP contribution in [0.5, 0.6) is 0 Å². The van der Waals surface area contributed by atoms with E-state index in [4.69, 9.17) is 5.26 Å². The van der Waals surface area contributed by atoms with Crippen LogP contribution in [0.25, 0.3) is 11.4 Å². The SMILES string of the molecule is N#Cc1ccc(Cn2ccc(-c3ccccn3)n2)cc1. The maximum Gasteiger partial charge on any atom is 0.111 e. The molecule has 0 atom stereocenters. The van der Waals surface area contributed by atoms with E-state index in [0.29, 0.717) is 12.1 Å². The van der Waals surface area contributed by atoms with Gasteiger partial charge < -0.3 is 0 Å². The van der Waals surface area contributed by atoms with Crippen molar-refractivity contribution in [2.45, 2.75) is 6.54 Å². The molecule has 1 aromatic carbocycles. The van der Waals surface area contributed by atoms with Crippen molar-refractivity contribution in [3.8, 4) is 17.5 Å². The molecule has 3 aromatic rings. The zero-order valence-electron chi connectivity index (χ0n) is 10.8. The van der Waals surface area contributed by atoms with Gasteiger partial charge in [-0.15, -0.1) is 0 Å². The maximum absolute atomic E-state index is 8.77. The normalized spacial score (nSPS) is 10.2. The van der Waals surface area contributed by atoms with E-state index in [9.17, 15) is 0 Å². The van der Waals surface area contributed by atoms with Crippen molar-refractivity contribution in [3.63, 3.8) is 0 Å². The lowest BCUT2D eigenvalue weighted by Gasteiger charge is -2.02. The summed E-state index contributed by atoms with van der Waals surface area (Å²) < 4.78 is 1.87. The standard InChI is InChI=1S/C16H12N4/c17-11-13-4-6-14(7-5-13)12-20-10-8-16(19-20)15-3-1-2-9-18-15/h1-10H,12H2. The Hall–Kier alpha value is -2.93. The molecular weight excluding hydrogens is 248 g/mol. The lowest BCUT2D eigenvalue weighted by atomic mass is 10.1. The Morgan fingerprint density at radius 2 is 1.85 bits per heavy atom. The van der Waals surface area contributed by atoms with Crippen LogP contribution in [-0.4, -0.2) is 14.8 Å². The zero-order chi connectivity index (χ0) is 13.8. The Balaban J connectivity index is 1.79. The van der Waals surface area contributed by atoms with Gasteiger partial charge in [-0.05, 0) is 35.9 Å². The van der Waals surface area contributed by atoms with Gasteiger partial charge in [0.2, 0.25) is 0 Å². The minimum absolute atomic E-state index is 0.670. The van der Waals surface area contributed by atoms with Crippen molar-refractivity contribution >= 4 is 0 Å². The molecule has 0 spiro atoms. The lowest BCUT2D eigenvalue weighted by molar-refractivity contribution is 0.689.